The average molecular weight is 201 g/mol. The molecule has 3 heteroatoms. The Morgan fingerprint density at radius 1 is 1.47 bits per heavy atom. The van der Waals surface area contributed by atoms with Crippen molar-refractivity contribution in [2.45, 2.75) is 26.2 Å². The first-order chi connectivity index (χ1) is 7.08. The third-order valence-corrected chi connectivity index (χ3v) is 3.41. The van der Waals surface area contributed by atoms with Crippen LogP contribution in [0.4, 0.5) is 5.69 Å². The third-order valence-electron chi connectivity index (χ3n) is 3.41. The van der Waals surface area contributed by atoms with E-state index in [4.69, 9.17) is 5.73 Å². The van der Waals surface area contributed by atoms with Gasteiger partial charge in [0.1, 0.15) is 11.3 Å². The van der Waals surface area contributed by atoms with Gasteiger partial charge in [0.2, 0.25) is 0 Å². The lowest BCUT2D eigenvalue weighted by atomic mass is 10.1. The lowest BCUT2D eigenvalue weighted by Gasteiger charge is -1.97. The minimum atomic E-state index is 0.405. The summed E-state index contributed by atoms with van der Waals surface area (Å²) in [5.41, 5.74) is 9.00. The number of H-pyrrole nitrogens is 1. The topological polar surface area (TPSA) is 54.7 Å². The molecule has 15 heavy (non-hydrogen) atoms. The van der Waals surface area contributed by atoms with Crippen LogP contribution in [-0.2, 0) is 0 Å². The molecule has 1 aliphatic carbocycles. The highest BCUT2D eigenvalue weighted by molar-refractivity contribution is 5.87. The molecular formula is C12H15N3. The largest absolute Gasteiger partial charge is 0.397 e. The van der Waals surface area contributed by atoms with Crippen molar-refractivity contribution >= 4 is 16.7 Å². The van der Waals surface area contributed by atoms with Crippen LogP contribution in [0, 0.1) is 5.41 Å². The molecule has 1 atom stereocenters. The molecule has 1 fully saturated rings. The fourth-order valence-electron chi connectivity index (χ4n) is 2.17. The smallest absolute Gasteiger partial charge is 0.111 e. The molecule has 0 radical (unpaired) electrons. The van der Waals surface area contributed by atoms with Crippen molar-refractivity contribution < 1.29 is 0 Å². The fraction of sp³-hybridized carbons (Fsp3) is 0.417. The van der Waals surface area contributed by atoms with Gasteiger partial charge in [0, 0.05) is 5.92 Å². The van der Waals surface area contributed by atoms with E-state index in [9.17, 15) is 0 Å². The second-order valence-corrected chi connectivity index (χ2v) is 5.11. The van der Waals surface area contributed by atoms with Crippen molar-refractivity contribution in [2.75, 3.05) is 5.73 Å². The summed E-state index contributed by atoms with van der Waals surface area (Å²) in [5.74, 6) is 1.66. The molecule has 1 saturated carbocycles. The van der Waals surface area contributed by atoms with E-state index in [-0.39, 0.29) is 0 Å². The van der Waals surface area contributed by atoms with Gasteiger partial charge >= 0.3 is 0 Å². The Kier molecular flexibility index (Phi) is 1.48. The Bertz CT molecular complexity index is 525. The maximum Gasteiger partial charge on any atom is 0.111 e. The van der Waals surface area contributed by atoms with E-state index >= 15 is 0 Å². The van der Waals surface area contributed by atoms with Gasteiger partial charge in [-0.25, -0.2) is 4.98 Å². The lowest BCUT2D eigenvalue weighted by Crippen LogP contribution is -1.91. The zero-order valence-corrected chi connectivity index (χ0v) is 9.04. The summed E-state index contributed by atoms with van der Waals surface area (Å²) in [6.45, 7) is 4.54. The molecule has 78 valence electrons. The highest BCUT2D eigenvalue weighted by atomic mass is 15.0. The fourth-order valence-corrected chi connectivity index (χ4v) is 2.17. The predicted molar refractivity (Wildman–Crippen MR) is 61.6 cm³/mol. The Morgan fingerprint density at radius 2 is 2.20 bits per heavy atom. The maximum atomic E-state index is 5.88. The van der Waals surface area contributed by atoms with Gasteiger partial charge in [-0.05, 0) is 24.0 Å². The second-order valence-electron chi connectivity index (χ2n) is 5.11. The quantitative estimate of drug-likeness (QED) is 0.697. The lowest BCUT2D eigenvalue weighted by molar-refractivity contribution is 0.612. The molecule has 0 spiro atoms. The number of nitrogen functional groups attached to an aromatic ring is 1. The molecule has 0 aliphatic heterocycles. The monoisotopic (exact) mass is 201 g/mol. The third kappa shape index (κ3) is 1.23. The number of para-hydroxylation sites is 1. The number of anilines is 1. The zero-order chi connectivity index (χ0) is 10.6. The van der Waals surface area contributed by atoms with Crippen LogP contribution >= 0.6 is 0 Å². The highest BCUT2D eigenvalue weighted by Gasteiger charge is 2.48. The minimum Gasteiger partial charge on any atom is -0.397 e. The number of imidazole rings is 1. The summed E-state index contributed by atoms with van der Waals surface area (Å²) in [6.07, 6.45) is 1.22. The van der Waals surface area contributed by atoms with Gasteiger partial charge in [0.25, 0.3) is 0 Å². The number of benzene rings is 1. The van der Waals surface area contributed by atoms with Crippen molar-refractivity contribution in [1.29, 1.82) is 0 Å². The second kappa shape index (κ2) is 2.54. The molecule has 1 unspecified atom stereocenters. The first kappa shape index (κ1) is 8.77. The van der Waals surface area contributed by atoms with Gasteiger partial charge in [-0.1, -0.05) is 19.9 Å². The number of aromatic amines is 1. The summed E-state index contributed by atoms with van der Waals surface area (Å²) < 4.78 is 0. The molecule has 3 rings (SSSR count). The van der Waals surface area contributed by atoms with E-state index < -0.39 is 0 Å². The molecular weight excluding hydrogens is 186 g/mol. The SMILES string of the molecule is CC1(C)CC1c1nc2c(N)cccc2[nH]1. The van der Waals surface area contributed by atoms with Crippen molar-refractivity contribution in [1.82, 2.24) is 9.97 Å². The molecule has 1 aliphatic rings. The van der Waals surface area contributed by atoms with Gasteiger partial charge in [0.15, 0.2) is 0 Å². The Hall–Kier alpha value is -1.51. The molecule has 1 heterocycles. The van der Waals surface area contributed by atoms with E-state index in [0.29, 0.717) is 11.3 Å². The number of hydrogen-bond acceptors (Lipinski definition) is 2. The molecule has 1 aromatic carbocycles. The molecule has 3 nitrogen and oxygen atoms in total. The average Bonchev–Trinajstić information content (AvgIpc) is 2.62. The van der Waals surface area contributed by atoms with Crippen molar-refractivity contribution in [3.8, 4) is 0 Å². The van der Waals surface area contributed by atoms with Crippen LogP contribution in [0.3, 0.4) is 0 Å². The molecule has 0 bridgehead atoms. The number of aromatic nitrogens is 2. The number of nitrogens with zero attached hydrogens (tertiary/aromatic N) is 1. The summed E-state index contributed by atoms with van der Waals surface area (Å²) >= 11 is 0. The van der Waals surface area contributed by atoms with E-state index in [1.807, 2.05) is 18.2 Å². The number of rotatable bonds is 1. The van der Waals surface area contributed by atoms with Gasteiger partial charge < -0.3 is 10.7 Å². The maximum absolute atomic E-state index is 5.88. The highest BCUT2D eigenvalue weighted by Crippen LogP contribution is 2.57. The minimum absolute atomic E-state index is 0.405. The first-order valence-electron chi connectivity index (χ1n) is 5.32. The van der Waals surface area contributed by atoms with Crippen LogP contribution in [0.1, 0.15) is 32.0 Å². The van der Waals surface area contributed by atoms with Crippen LogP contribution in [-0.4, -0.2) is 9.97 Å². The number of nitrogens with two attached hydrogens (primary N) is 1. The van der Waals surface area contributed by atoms with E-state index in [2.05, 4.69) is 23.8 Å². The van der Waals surface area contributed by atoms with Crippen molar-refractivity contribution in [2.24, 2.45) is 5.41 Å². The summed E-state index contributed by atoms with van der Waals surface area (Å²) in [6, 6.07) is 5.88. The number of nitrogens with one attached hydrogen (secondary N) is 1. The first-order valence-corrected chi connectivity index (χ1v) is 5.32. The number of hydrogen-bond donors (Lipinski definition) is 2. The van der Waals surface area contributed by atoms with Crippen molar-refractivity contribution in [3.63, 3.8) is 0 Å². The van der Waals surface area contributed by atoms with Gasteiger partial charge in [-0.2, -0.15) is 0 Å². The standard InChI is InChI=1S/C12H15N3/c1-12(2)6-7(12)11-14-9-5-3-4-8(13)10(9)15-11/h3-5,7H,6,13H2,1-2H3,(H,14,15). The predicted octanol–water partition coefficient (Wildman–Crippen LogP) is 2.66. The van der Waals surface area contributed by atoms with Crippen LogP contribution in [0.2, 0.25) is 0 Å². The van der Waals surface area contributed by atoms with E-state index in [1.54, 1.807) is 0 Å². The Labute approximate surface area is 88.7 Å². The van der Waals surface area contributed by atoms with E-state index in [0.717, 1.165) is 22.5 Å². The summed E-state index contributed by atoms with van der Waals surface area (Å²) in [4.78, 5) is 7.95. The van der Waals surface area contributed by atoms with E-state index in [1.165, 1.54) is 6.42 Å². The molecule has 0 amide bonds. The van der Waals surface area contributed by atoms with Crippen LogP contribution in [0.25, 0.3) is 11.0 Å². The van der Waals surface area contributed by atoms with Crippen molar-refractivity contribution in [3.05, 3.63) is 24.0 Å². The molecule has 0 saturated heterocycles. The van der Waals surface area contributed by atoms with Gasteiger partial charge in [0.05, 0.1) is 11.2 Å². The normalized spacial score (nSPS) is 23.2. The van der Waals surface area contributed by atoms with Crippen LogP contribution in [0.15, 0.2) is 18.2 Å². The molecule has 3 N–H and O–H groups in total. The summed E-state index contributed by atoms with van der Waals surface area (Å²) in [5, 5.41) is 0. The van der Waals surface area contributed by atoms with Gasteiger partial charge in [-0.15, -0.1) is 0 Å². The van der Waals surface area contributed by atoms with Crippen LogP contribution in [0.5, 0.6) is 0 Å². The van der Waals surface area contributed by atoms with Gasteiger partial charge in [-0.3, -0.25) is 0 Å². The molecule has 1 aromatic heterocycles. The Balaban J connectivity index is 2.12. The molecule has 2 aromatic rings. The summed E-state index contributed by atoms with van der Waals surface area (Å²) in [7, 11) is 0. The zero-order valence-electron chi connectivity index (χ0n) is 9.04. The number of fused-ring (bicyclic) bond motifs is 1. The van der Waals surface area contributed by atoms with Crippen LogP contribution < -0.4 is 5.73 Å². The Morgan fingerprint density at radius 3 is 2.80 bits per heavy atom.